The van der Waals surface area contributed by atoms with E-state index in [1.165, 1.54) is 38.5 Å². The van der Waals surface area contributed by atoms with Crippen LogP contribution >= 0.6 is 0 Å². The second-order valence-corrected chi connectivity index (χ2v) is 3.62. The van der Waals surface area contributed by atoms with Gasteiger partial charge >= 0.3 is 0 Å². The van der Waals surface area contributed by atoms with Crippen LogP contribution in [0.3, 0.4) is 0 Å². The third-order valence-corrected chi connectivity index (χ3v) is 3.12. The fourth-order valence-electron chi connectivity index (χ4n) is 2.36. The number of hydrogen-bond donors (Lipinski definition) is 0. The van der Waals surface area contributed by atoms with E-state index in [4.69, 9.17) is 0 Å². The third-order valence-electron chi connectivity index (χ3n) is 3.12. The molecule has 0 saturated heterocycles. The molecule has 0 aromatic carbocycles. The van der Waals surface area contributed by atoms with E-state index in [0.717, 1.165) is 11.8 Å². The predicted molar refractivity (Wildman–Crippen MR) is 46.0 cm³/mol. The lowest BCUT2D eigenvalue weighted by Crippen LogP contribution is -2.17. The number of rotatable bonds is 2. The Balaban J connectivity index is 2.34. The molecule has 0 nitrogen and oxygen atoms in total. The monoisotopic (exact) mass is 140 g/mol. The third kappa shape index (κ3) is 1.74. The van der Waals surface area contributed by atoms with E-state index in [0.29, 0.717) is 0 Å². The van der Waals surface area contributed by atoms with Crippen LogP contribution in [-0.2, 0) is 0 Å². The summed E-state index contributed by atoms with van der Waals surface area (Å²) in [6, 6.07) is 0. The van der Waals surface area contributed by atoms with Crippen molar-refractivity contribution in [2.24, 2.45) is 11.8 Å². The van der Waals surface area contributed by atoms with Crippen LogP contribution in [0.2, 0.25) is 0 Å². The summed E-state index contributed by atoms with van der Waals surface area (Å²) < 4.78 is 0. The molecule has 2 atom stereocenters. The van der Waals surface area contributed by atoms with Crippen LogP contribution in [0.4, 0.5) is 0 Å². The Hall–Kier alpha value is 0. The highest BCUT2D eigenvalue weighted by atomic mass is 14.3. The Morgan fingerprint density at radius 3 is 1.60 bits per heavy atom. The van der Waals surface area contributed by atoms with Gasteiger partial charge in [-0.2, -0.15) is 0 Å². The van der Waals surface area contributed by atoms with Gasteiger partial charge < -0.3 is 0 Å². The second kappa shape index (κ2) is 4.00. The lowest BCUT2D eigenvalue weighted by molar-refractivity contribution is 0.224. The van der Waals surface area contributed by atoms with E-state index in [1.807, 2.05) is 0 Å². The SMILES string of the molecule is CCC1CCCCC1CC. The minimum Gasteiger partial charge on any atom is -0.0651 e. The molecule has 1 aliphatic carbocycles. The molecule has 0 aromatic rings. The molecule has 1 aliphatic rings. The molecule has 0 bridgehead atoms. The minimum absolute atomic E-state index is 1.07. The van der Waals surface area contributed by atoms with Gasteiger partial charge in [0.2, 0.25) is 0 Å². The van der Waals surface area contributed by atoms with Crippen LogP contribution in [-0.4, -0.2) is 0 Å². The van der Waals surface area contributed by atoms with Gasteiger partial charge in [0.25, 0.3) is 0 Å². The van der Waals surface area contributed by atoms with Crippen molar-refractivity contribution in [2.75, 3.05) is 0 Å². The molecule has 60 valence electrons. The standard InChI is InChI=1S/C10H20/c1-3-9-7-5-6-8-10(9)4-2/h9-10H,3-8H2,1-2H3. The fourth-order valence-corrected chi connectivity index (χ4v) is 2.36. The lowest BCUT2D eigenvalue weighted by atomic mass is 9.77. The summed E-state index contributed by atoms with van der Waals surface area (Å²) in [4.78, 5) is 0. The van der Waals surface area contributed by atoms with Gasteiger partial charge in [0, 0.05) is 0 Å². The van der Waals surface area contributed by atoms with Crippen molar-refractivity contribution in [1.29, 1.82) is 0 Å². The molecule has 2 unspecified atom stereocenters. The lowest BCUT2D eigenvalue weighted by Gasteiger charge is -2.29. The van der Waals surface area contributed by atoms with Crippen molar-refractivity contribution in [3.63, 3.8) is 0 Å². The van der Waals surface area contributed by atoms with Gasteiger partial charge in [-0.1, -0.05) is 52.4 Å². The average molecular weight is 140 g/mol. The summed E-state index contributed by atoms with van der Waals surface area (Å²) in [6.45, 7) is 4.69. The average Bonchev–Trinajstić information content (AvgIpc) is 2.04. The van der Waals surface area contributed by atoms with Gasteiger partial charge in [-0.15, -0.1) is 0 Å². The topological polar surface area (TPSA) is 0 Å². The zero-order valence-electron chi connectivity index (χ0n) is 7.40. The maximum atomic E-state index is 2.35. The van der Waals surface area contributed by atoms with E-state index in [-0.39, 0.29) is 0 Å². The molecule has 0 amide bonds. The Morgan fingerprint density at radius 2 is 1.30 bits per heavy atom. The summed E-state index contributed by atoms with van der Waals surface area (Å²) in [5.74, 6) is 2.14. The van der Waals surface area contributed by atoms with Crippen molar-refractivity contribution in [2.45, 2.75) is 52.4 Å². The van der Waals surface area contributed by atoms with Crippen LogP contribution in [0.1, 0.15) is 52.4 Å². The quantitative estimate of drug-likeness (QED) is 0.549. The molecular weight excluding hydrogens is 120 g/mol. The van der Waals surface area contributed by atoms with E-state index < -0.39 is 0 Å². The van der Waals surface area contributed by atoms with Crippen LogP contribution < -0.4 is 0 Å². The Kier molecular flexibility index (Phi) is 3.24. The first-order chi connectivity index (χ1) is 4.88. The molecule has 0 heteroatoms. The maximum Gasteiger partial charge on any atom is -0.0389 e. The first-order valence-corrected chi connectivity index (χ1v) is 4.88. The highest BCUT2D eigenvalue weighted by Crippen LogP contribution is 2.33. The van der Waals surface area contributed by atoms with Crippen LogP contribution in [0.5, 0.6) is 0 Å². The molecule has 1 rings (SSSR count). The predicted octanol–water partition coefficient (Wildman–Crippen LogP) is 3.61. The summed E-state index contributed by atoms with van der Waals surface area (Å²) >= 11 is 0. The van der Waals surface area contributed by atoms with Crippen molar-refractivity contribution in [3.8, 4) is 0 Å². The summed E-state index contributed by atoms with van der Waals surface area (Å²) in [5, 5.41) is 0. The van der Waals surface area contributed by atoms with Crippen LogP contribution in [0, 0.1) is 11.8 Å². The van der Waals surface area contributed by atoms with Gasteiger partial charge in [0.15, 0.2) is 0 Å². The summed E-state index contributed by atoms with van der Waals surface area (Å²) in [5.41, 5.74) is 0. The van der Waals surface area contributed by atoms with Gasteiger partial charge in [-0.3, -0.25) is 0 Å². The van der Waals surface area contributed by atoms with E-state index in [2.05, 4.69) is 13.8 Å². The van der Waals surface area contributed by atoms with Crippen molar-refractivity contribution >= 4 is 0 Å². The smallest absolute Gasteiger partial charge is 0.0389 e. The van der Waals surface area contributed by atoms with Crippen molar-refractivity contribution < 1.29 is 0 Å². The molecule has 0 aliphatic heterocycles. The van der Waals surface area contributed by atoms with Crippen molar-refractivity contribution in [3.05, 3.63) is 0 Å². The van der Waals surface area contributed by atoms with Gasteiger partial charge in [-0.05, 0) is 11.8 Å². The molecule has 0 N–H and O–H groups in total. The molecular formula is C10H20. The Morgan fingerprint density at radius 1 is 0.900 bits per heavy atom. The van der Waals surface area contributed by atoms with E-state index in [9.17, 15) is 0 Å². The first-order valence-electron chi connectivity index (χ1n) is 4.88. The highest BCUT2D eigenvalue weighted by Gasteiger charge is 2.21. The Bertz CT molecular complexity index is 74.0. The number of hydrogen-bond acceptors (Lipinski definition) is 0. The normalized spacial score (nSPS) is 34.2. The van der Waals surface area contributed by atoms with Crippen LogP contribution in [0.25, 0.3) is 0 Å². The molecule has 10 heavy (non-hydrogen) atoms. The van der Waals surface area contributed by atoms with Gasteiger partial charge in [0.05, 0.1) is 0 Å². The van der Waals surface area contributed by atoms with Gasteiger partial charge in [0.1, 0.15) is 0 Å². The first kappa shape index (κ1) is 8.10. The molecule has 0 radical (unpaired) electrons. The molecule has 0 aromatic heterocycles. The molecule has 0 heterocycles. The zero-order valence-corrected chi connectivity index (χ0v) is 7.40. The zero-order chi connectivity index (χ0) is 7.40. The molecule has 1 saturated carbocycles. The highest BCUT2D eigenvalue weighted by molar-refractivity contribution is 4.72. The van der Waals surface area contributed by atoms with E-state index >= 15 is 0 Å². The fraction of sp³-hybridized carbons (Fsp3) is 1.00. The summed E-state index contributed by atoms with van der Waals surface area (Å²) in [7, 11) is 0. The van der Waals surface area contributed by atoms with E-state index in [1.54, 1.807) is 0 Å². The van der Waals surface area contributed by atoms with Crippen LogP contribution in [0.15, 0.2) is 0 Å². The maximum absolute atomic E-state index is 2.35. The molecule has 1 fully saturated rings. The molecule has 0 spiro atoms. The van der Waals surface area contributed by atoms with Crippen molar-refractivity contribution in [1.82, 2.24) is 0 Å². The summed E-state index contributed by atoms with van der Waals surface area (Å²) in [6.07, 6.45) is 8.84. The largest absolute Gasteiger partial charge is 0.0651 e. The second-order valence-electron chi connectivity index (χ2n) is 3.62. The minimum atomic E-state index is 1.07. The Labute approximate surface area is 65.0 Å². The van der Waals surface area contributed by atoms with Gasteiger partial charge in [-0.25, -0.2) is 0 Å².